The molecule has 0 atom stereocenters. The molecule has 0 spiro atoms. The molecule has 4 nitrogen and oxygen atoms in total. The van der Waals surface area contributed by atoms with E-state index in [1.807, 2.05) is 49.4 Å². The zero-order valence-electron chi connectivity index (χ0n) is 15.5. The van der Waals surface area contributed by atoms with E-state index in [0.29, 0.717) is 16.8 Å². The van der Waals surface area contributed by atoms with Gasteiger partial charge in [0.1, 0.15) is 0 Å². The number of anilines is 2. The lowest BCUT2D eigenvalue weighted by atomic mass is 10.1. The van der Waals surface area contributed by atoms with Crippen molar-refractivity contribution in [2.75, 3.05) is 10.6 Å². The molecule has 0 aliphatic rings. The van der Waals surface area contributed by atoms with Gasteiger partial charge in [0.15, 0.2) is 0 Å². The van der Waals surface area contributed by atoms with Crippen molar-refractivity contribution < 1.29 is 9.59 Å². The van der Waals surface area contributed by atoms with Crippen molar-refractivity contribution in [3.8, 4) is 0 Å². The van der Waals surface area contributed by atoms with Gasteiger partial charge in [0.25, 0.3) is 11.8 Å². The molecule has 0 aromatic heterocycles. The molecule has 0 unspecified atom stereocenters. The highest BCUT2D eigenvalue weighted by Gasteiger charge is 2.09. The smallest absolute Gasteiger partial charge is 0.255 e. The van der Waals surface area contributed by atoms with E-state index < -0.39 is 0 Å². The first-order valence-electron chi connectivity index (χ1n) is 8.93. The predicted molar refractivity (Wildman–Crippen MR) is 109 cm³/mol. The van der Waals surface area contributed by atoms with Crippen LogP contribution >= 0.6 is 0 Å². The Morgan fingerprint density at radius 1 is 0.741 bits per heavy atom. The first-order chi connectivity index (χ1) is 13.0. The van der Waals surface area contributed by atoms with Gasteiger partial charge in [0, 0.05) is 22.5 Å². The summed E-state index contributed by atoms with van der Waals surface area (Å²) in [6.07, 6.45) is 0.916. The molecule has 3 aromatic carbocycles. The molecular weight excluding hydrogens is 336 g/mol. The molecule has 0 aliphatic carbocycles. The minimum Gasteiger partial charge on any atom is -0.322 e. The van der Waals surface area contributed by atoms with Gasteiger partial charge in [0.05, 0.1) is 0 Å². The van der Waals surface area contributed by atoms with Crippen molar-refractivity contribution in [2.45, 2.75) is 20.3 Å². The first-order valence-corrected chi connectivity index (χ1v) is 8.93. The van der Waals surface area contributed by atoms with E-state index in [1.54, 1.807) is 30.3 Å². The maximum Gasteiger partial charge on any atom is 0.255 e. The molecule has 27 heavy (non-hydrogen) atoms. The van der Waals surface area contributed by atoms with Crippen LogP contribution in [0.2, 0.25) is 0 Å². The highest BCUT2D eigenvalue weighted by atomic mass is 16.2. The van der Waals surface area contributed by atoms with Crippen LogP contribution in [0.25, 0.3) is 0 Å². The first kappa shape index (κ1) is 18.4. The van der Waals surface area contributed by atoms with Crippen LogP contribution in [0.4, 0.5) is 11.4 Å². The number of benzene rings is 3. The topological polar surface area (TPSA) is 58.2 Å². The van der Waals surface area contributed by atoms with Gasteiger partial charge in [-0.05, 0) is 67.4 Å². The molecule has 0 heterocycles. The zero-order chi connectivity index (χ0) is 19.2. The number of rotatable bonds is 5. The second kappa shape index (κ2) is 8.32. The average Bonchev–Trinajstić information content (AvgIpc) is 2.68. The standard InChI is InChI=1S/C23H22N2O2/c1-3-17-7-5-9-21(15-17)25-22(26)18-10-12-20(13-11-18)24-23(27)19-8-4-6-16(2)14-19/h4-15H,3H2,1-2H3,(H,24,27)(H,25,26). The summed E-state index contributed by atoms with van der Waals surface area (Å²) >= 11 is 0. The number of carbonyl (C=O) groups is 2. The van der Waals surface area contributed by atoms with E-state index in [9.17, 15) is 9.59 Å². The summed E-state index contributed by atoms with van der Waals surface area (Å²) in [6, 6.07) is 22.1. The molecule has 136 valence electrons. The molecule has 0 saturated heterocycles. The van der Waals surface area contributed by atoms with Crippen molar-refractivity contribution >= 4 is 23.2 Å². The number of nitrogens with one attached hydrogen (secondary N) is 2. The third kappa shape index (κ3) is 4.82. The summed E-state index contributed by atoms with van der Waals surface area (Å²) in [6.45, 7) is 4.02. The minimum atomic E-state index is -0.181. The summed E-state index contributed by atoms with van der Waals surface area (Å²) in [5.41, 5.74) is 4.75. The second-order valence-corrected chi connectivity index (χ2v) is 6.41. The van der Waals surface area contributed by atoms with Crippen LogP contribution in [0.1, 0.15) is 38.8 Å². The zero-order valence-corrected chi connectivity index (χ0v) is 15.5. The fourth-order valence-electron chi connectivity index (χ4n) is 2.77. The van der Waals surface area contributed by atoms with Crippen LogP contribution in [0.15, 0.2) is 72.8 Å². The lowest BCUT2D eigenvalue weighted by Gasteiger charge is -2.09. The molecule has 0 saturated carbocycles. The fourth-order valence-corrected chi connectivity index (χ4v) is 2.77. The SMILES string of the molecule is CCc1cccc(NC(=O)c2ccc(NC(=O)c3cccc(C)c3)cc2)c1. The Morgan fingerprint density at radius 3 is 2.11 bits per heavy atom. The highest BCUT2D eigenvalue weighted by molar-refractivity contribution is 6.06. The molecule has 3 rings (SSSR count). The molecule has 3 aromatic rings. The number of aryl methyl sites for hydroxylation is 2. The van der Waals surface area contributed by atoms with Crippen LogP contribution in [-0.4, -0.2) is 11.8 Å². The van der Waals surface area contributed by atoms with Crippen LogP contribution in [-0.2, 0) is 6.42 Å². The van der Waals surface area contributed by atoms with E-state index in [4.69, 9.17) is 0 Å². The van der Waals surface area contributed by atoms with Crippen molar-refractivity contribution in [2.24, 2.45) is 0 Å². The van der Waals surface area contributed by atoms with Gasteiger partial charge in [-0.2, -0.15) is 0 Å². The Bertz CT molecular complexity index is 962. The van der Waals surface area contributed by atoms with Crippen molar-refractivity contribution in [1.29, 1.82) is 0 Å². The normalized spacial score (nSPS) is 10.3. The average molecular weight is 358 g/mol. The van der Waals surface area contributed by atoms with E-state index in [1.165, 1.54) is 5.56 Å². The van der Waals surface area contributed by atoms with E-state index >= 15 is 0 Å². The van der Waals surface area contributed by atoms with Crippen LogP contribution in [0.3, 0.4) is 0 Å². The van der Waals surface area contributed by atoms with Crippen molar-refractivity contribution in [3.05, 3.63) is 95.1 Å². The maximum absolute atomic E-state index is 12.4. The van der Waals surface area contributed by atoms with Crippen LogP contribution < -0.4 is 10.6 Å². The summed E-state index contributed by atoms with van der Waals surface area (Å²) in [4.78, 5) is 24.7. The number of amides is 2. The largest absolute Gasteiger partial charge is 0.322 e. The van der Waals surface area contributed by atoms with Gasteiger partial charge < -0.3 is 10.6 Å². The van der Waals surface area contributed by atoms with Crippen molar-refractivity contribution in [1.82, 2.24) is 0 Å². The Hall–Kier alpha value is -3.40. The summed E-state index contributed by atoms with van der Waals surface area (Å²) in [5.74, 6) is -0.355. The third-order valence-corrected chi connectivity index (χ3v) is 4.28. The van der Waals surface area contributed by atoms with Crippen LogP contribution in [0, 0.1) is 6.92 Å². The van der Waals surface area contributed by atoms with E-state index in [0.717, 1.165) is 17.7 Å². The summed E-state index contributed by atoms with van der Waals surface area (Å²) in [7, 11) is 0. The molecule has 0 aliphatic heterocycles. The lowest BCUT2D eigenvalue weighted by molar-refractivity contribution is 0.102. The lowest BCUT2D eigenvalue weighted by Crippen LogP contribution is -2.14. The van der Waals surface area contributed by atoms with E-state index in [2.05, 4.69) is 17.6 Å². The molecule has 0 bridgehead atoms. The van der Waals surface area contributed by atoms with Gasteiger partial charge >= 0.3 is 0 Å². The Morgan fingerprint density at radius 2 is 1.41 bits per heavy atom. The second-order valence-electron chi connectivity index (χ2n) is 6.41. The molecule has 0 radical (unpaired) electrons. The monoisotopic (exact) mass is 358 g/mol. The van der Waals surface area contributed by atoms with Crippen LogP contribution in [0.5, 0.6) is 0 Å². The molecular formula is C23H22N2O2. The summed E-state index contributed by atoms with van der Waals surface area (Å²) in [5, 5.41) is 5.74. The van der Waals surface area contributed by atoms with Crippen molar-refractivity contribution in [3.63, 3.8) is 0 Å². The molecule has 2 N–H and O–H groups in total. The predicted octanol–water partition coefficient (Wildman–Crippen LogP) is 5.06. The fraction of sp³-hybridized carbons (Fsp3) is 0.130. The Labute approximate surface area is 159 Å². The van der Waals surface area contributed by atoms with Gasteiger partial charge in [-0.1, -0.05) is 36.8 Å². The number of carbonyl (C=O) groups excluding carboxylic acids is 2. The Kier molecular flexibility index (Phi) is 5.67. The molecule has 2 amide bonds. The minimum absolute atomic E-state index is 0.174. The maximum atomic E-state index is 12.4. The molecule has 4 heteroatoms. The Balaban J connectivity index is 1.65. The number of hydrogen-bond acceptors (Lipinski definition) is 2. The van der Waals surface area contributed by atoms with E-state index in [-0.39, 0.29) is 11.8 Å². The summed E-state index contributed by atoms with van der Waals surface area (Å²) < 4.78 is 0. The third-order valence-electron chi connectivity index (χ3n) is 4.28. The number of hydrogen-bond donors (Lipinski definition) is 2. The highest BCUT2D eigenvalue weighted by Crippen LogP contribution is 2.15. The molecule has 0 fully saturated rings. The van der Waals surface area contributed by atoms with Gasteiger partial charge in [0.2, 0.25) is 0 Å². The van der Waals surface area contributed by atoms with Gasteiger partial charge in [-0.25, -0.2) is 0 Å². The van der Waals surface area contributed by atoms with Gasteiger partial charge in [-0.3, -0.25) is 9.59 Å². The quantitative estimate of drug-likeness (QED) is 0.669. The van der Waals surface area contributed by atoms with Gasteiger partial charge in [-0.15, -0.1) is 0 Å².